The molecule has 1 atom stereocenters. The Hall–Kier alpha value is -2.11. The van der Waals surface area contributed by atoms with E-state index in [4.69, 9.17) is 5.73 Å². The summed E-state index contributed by atoms with van der Waals surface area (Å²) in [5.41, 5.74) is 8.51. The predicted octanol–water partition coefficient (Wildman–Crippen LogP) is 1.92. The van der Waals surface area contributed by atoms with E-state index in [1.54, 1.807) is 0 Å². The quantitative estimate of drug-likeness (QED) is 0.866. The molecule has 2 amide bonds. The fraction of sp³-hybridized carbons (Fsp3) is 0.650. The minimum Gasteiger partial charge on any atom is -0.383 e. The van der Waals surface area contributed by atoms with Crippen LogP contribution in [0.15, 0.2) is 6.20 Å². The highest BCUT2D eigenvalue weighted by Crippen LogP contribution is 2.35. The van der Waals surface area contributed by atoms with Gasteiger partial charge in [0.25, 0.3) is 5.91 Å². The van der Waals surface area contributed by atoms with Crippen LogP contribution in [0.3, 0.4) is 0 Å². The fourth-order valence-corrected chi connectivity index (χ4v) is 4.71. The summed E-state index contributed by atoms with van der Waals surface area (Å²) in [6.07, 6.45) is 7.44. The third-order valence-electron chi connectivity index (χ3n) is 6.32. The van der Waals surface area contributed by atoms with Crippen LogP contribution in [0.4, 0.5) is 5.82 Å². The van der Waals surface area contributed by atoms with Gasteiger partial charge in [0, 0.05) is 25.2 Å². The number of carbonyl (C=O) groups is 2. The topological polar surface area (TPSA) is 88.3 Å². The highest BCUT2D eigenvalue weighted by atomic mass is 16.2. The molecule has 140 valence electrons. The van der Waals surface area contributed by atoms with Gasteiger partial charge in [-0.2, -0.15) is 0 Å². The lowest BCUT2D eigenvalue weighted by Gasteiger charge is -2.35. The average molecular weight is 356 g/mol. The van der Waals surface area contributed by atoms with Gasteiger partial charge in [0.1, 0.15) is 5.82 Å². The molecule has 26 heavy (non-hydrogen) atoms. The van der Waals surface area contributed by atoms with E-state index in [9.17, 15) is 9.59 Å². The first-order valence-corrected chi connectivity index (χ1v) is 9.74. The van der Waals surface area contributed by atoms with Gasteiger partial charge in [-0.25, -0.2) is 4.98 Å². The third kappa shape index (κ3) is 2.95. The molecule has 2 fully saturated rings. The molecule has 0 radical (unpaired) electrons. The maximum Gasteiger partial charge on any atom is 0.257 e. The maximum absolute atomic E-state index is 13.1. The number of nitrogen functional groups attached to an aromatic ring is 1. The second-order valence-electron chi connectivity index (χ2n) is 8.68. The van der Waals surface area contributed by atoms with Gasteiger partial charge in [0.05, 0.1) is 11.1 Å². The molecule has 1 aliphatic heterocycles. The van der Waals surface area contributed by atoms with Crippen LogP contribution >= 0.6 is 0 Å². The molecule has 6 heteroatoms. The fourth-order valence-electron chi connectivity index (χ4n) is 4.71. The number of nitrogens with zero attached hydrogens (tertiary/aromatic N) is 2. The van der Waals surface area contributed by atoms with Crippen LogP contribution in [0.5, 0.6) is 0 Å². The van der Waals surface area contributed by atoms with Gasteiger partial charge in [-0.15, -0.1) is 0 Å². The van der Waals surface area contributed by atoms with Crippen molar-refractivity contribution < 1.29 is 9.59 Å². The number of aryl methyl sites for hydroxylation is 1. The van der Waals surface area contributed by atoms with E-state index >= 15 is 0 Å². The van der Waals surface area contributed by atoms with E-state index in [0.29, 0.717) is 30.4 Å². The van der Waals surface area contributed by atoms with Crippen LogP contribution in [0, 0.1) is 11.8 Å². The lowest BCUT2D eigenvalue weighted by atomic mass is 9.75. The SMILES string of the molecule is CC1CC(C(=O)NC2(C)CCN(C(=O)c3c(N)ncc4c3CCC4)C2)C1. The van der Waals surface area contributed by atoms with E-state index in [1.165, 1.54) is 0 Å². The first-order chi connectivity index (χ1) is 12.4. The van der Waals surface area contributed by atoms with Gasteiger partial charge >= 0.3 is 0 Å². The Bertz CT molecular complexity index is 756. The molecule has 1 aromatic rings. The van der Waals surface area contributed by atoms with Crippen molar-refractivity contribution in [1.82, 2.24) is 15.2 Å². The number of hydrogen-bond acceptors (Lipinski definition) is 4. The average Bonchev–Trinajstić information content (AvgIpc) is 3.18. The highest BCUT2D eigenvalue weighted by molar-refractivity contribution is 6.00. The molecule has 2 heterocycles. The van der Waals surface area contributed by atoms with Gasteiger partial charge in [-0.05, 0) is 62.5 Å². The molecular weight excluding hydrogens is 328 g/mol. The lowest BCUT2D eigenvalue weighted by molar-refractivity contribution is -0.130. The molecule has 1 saturated heterocycles. The summed E-state index contributed by atoms with van der Waals surface area (Å²) in [5.74, 6) is 1.22. The van der Waals surface area contributed by atoms with Gasteiger partial charge < -0.3 is 16.0 Å². The van der Waals surface area contributed by atoms with Crippen molar-refractivity contribution >= 4 is 17.6 Å². The number of aromatic nitrogens is 1. The van der Waals surface area contributed by atoms with Crippen molar-refractivity contribution in [3.8, 4) is 0 Å². The summed E-state index contributed by atoms with van der Waals surface area (Å²) in [6, 6.07) is 0. The van der Waals surface area contributed by atoms with Crippen molar-refractivity contribution in [2.24, 2.45) is 11.8 Å². The molecule has 3 aliphatic rings. The van der Waals surface area contributed by atoms with Gasteiger partial charge in [0.2, 0.25) is 5.91 Å². The molecule has 0 aromatic carbocycles. The zero-order chi connectivity index (χ0) is 18.5. The van der Waals surface area contributed by atoms with E-state index in [-0.39, 0.29) is 23.3 Å². The van der Waals surface area contributed by atoms with E-state index in [0.717, 1.165) is 49.7 Å². The number of rotatable bonds is 3. The van der Waals surface area contributed by atoms with E-state index < -0.39 is 0 Å². The number of likely N-dealkylation sites (tertiary alicyclic amines) is 1. The predicted molar refractivity (Wildman–Crippen MR) is 99.6 cm³/mol. The number of carbonyl (C=O) groups excluding carboxylic acids is 2. The maximum atomic E-state index is 13.1. The van der Waals surface area contributed by atoms with Crippen LogP contribution in [0.1, 0.15) is 61.0 Å². The number of nitrogens with two attached hydrogens (primary N) is 1. The Balaban J connectivity index is 1.46. The molecule has 1 aromatic heterocycles. The minimum atomic E-state index is -0.355. The molecule has 1 saturated carbocycles. The number of fused-ring (bicyclic) bond motifs is 1. The normalized spacial score (nSPS) is 30.0. The monoisotopic (exact) mass is 356 g/mol. The van der Waals surface area contributed by atoms with Crippen molar-refractivity contribution in [2.75, 3.05) is 18.8 Å². The Morgan fingerprint density at radius 1 is 1.35 bits per heavy atom. The molecule has 3 N–H and O–H groups in total. The van der Waals surface area contributed by atoms with Crippen LogP contribution in [0.25, 0.3) is 0 Å². The van der Waals surface area contributed by atoms with E-state index in [2.05, 4.69) is 17.2 Å². The molecule has 6 nitrogen and oxygen atoms in total. The van der Waals surface area contributed by atoms with Crippen molar-refractivity contribution in [3.05, 3.63) is 22.9 Å². The molecule has 2 aliphatic carbocycles. The summed E-state index contributed by atoms with van der Waals surface area (Å²) >= 11 is 0. The smallest absolute Gasteiger partial charge is 0.257 e. The first kappa shape index (κ1) is 17.3. The van der Waals surface area contributed by atoms with E-state index in [1.807, 2.05) is 18.0 Å². The molecule has 4 rings (SSSR count). The molecule has 0 spiro atoms. The molecular formula is C20H28N4O2. The zero-order valence-corrected chi connectivity index (χ0v) is 15.7. The highest BCUT2D eigenvalue weighted by Gasteiger charge is 2.41. The van der Waals surface area contributed by atoms with Crippen molar-refractivity contribution in [1.29, 1.82) is 0 Å². The number of amides is 2. The van der Waals surface area contributed by atoms with Gasteiger partial charge in [0.15, 0.2) is 0 Å². The summed E-state index contributed by atoms with van der Waals surface area (Å²) < 4.78 is 0. The first-order valence-electron chi connectivity index (χ1n) is 9.74. The Morgan fingerprint density at radius 2 is 2.12 bits per heavy atom. The number of pyridine rings is 1. The lowest BCUT2D eigenvalue weighted by Crippen LogP contribution is -2.52. The Morgan fingerprint density at radius 3 is 2.85 bits per heavy atom. The van der Waals surface area contributed by atoms with Crippen LogP contribution < -0.4 is 11.1 Å². The Kier molecular flexibility index (Phi) is 4.16. The number of anilines is 1. The van der Waals surface area contributed by atoms with Crippen LogP contribution in [-0.2, 0) is 17.6 Å². The van der Waals surface area contributed by atoms with Gasteiger partial charge in [-0.3, -0.25) is 9.59 Å². The summed E-state index contributed by atoms with van der Waals surface area (Å²) in [5, 5.41) is 3.20. The zero-order valence-electron chi connectivity index (χ0n) is 15.7. The second kappa shape index (κ2) is 6.25. The number of nitrogens with one attached hydrogen (secondary N) is 1. The van der Waals surface area contributed by atoms with Gasteiger partial charge in [-0.1, -0.05) is 6.92 Å². The van der Waals surface area contributed by atoms with Crippen molar-refractivity contribution in [2.45, 2.75) is 57.9 Å². The van der Waals surface area contributed by atoms with Crippen LogP contribution in [0.2, 0.25) is 0 Å². The third-order valence-corrected chi connectivity index (χ3v) is 6.32. The molecule has 1 unspecified atom stereocenters. The molecule has 0 bridgehead atoms. The largest absolute Gasteiger partial charge is 0.383 e. The Labute approximate surface area is 154 Å². The minimum absolute atomic E-state index is 0.0380. The standard InChI is InChI=1S/C20H28N4O2/c1-12-8-14(9-12)18(25)23-20(2)6-7-24(11-20)19(26)16-15-5-3-4-13(15)10-22-17(16)21/h10,12,14H,3-9,11H2,1-2H3,(H2,21,22)(H,23,25). The second-order valence-corrected chi connectivity index (χ2v) is 8.68. The summed E-state index contributed by atoms with van der Waals surface area (Å²) in [6.45, 7) is 5.39. The summed E-state index contributed by atoms with van der Waals surface area (Å²) in [7, 11) is 0. The summed E-state index contributed by atoms with van der Waals surface area (Å²) in [4.78, 5) is 31.6. The van der Waals surface area contributed by atoms with Crippen molar-refractivity contribution in [3.63, 3.8) is 0 Å². The number of hydrogen-bond donors (Lipinski definition) is 2. The van der Waals surface area contributed by atoms with Crippen LogP contribution in [-0.4, -0.2) is 40.3 Å².